The highest BCUT2D eigenvalue weighted by Crippen LogP contribution is 2.19. The fourth-order valence-corrected chi connectivity index (χ4v) is 3.92. The van der Waals surface area contributed by atoms with Gasteiger partial charge in [-0.2, -0.15) is 0 Å². The molecule has 3 N–H and O–H groups in total. The normalized spacial score (nSPS) is 10.8. The van der Waals surface area contributed by atoms with Crippen molar-refractivity contribution in [2.45, 2.75) is 18.7 Å². The summed E-state index contributed by atoms with van der Waals surface area (Å²) in [5.74, 6) is -0.389. The lowest BCUT2D eigenvalue weighted by atomic mass is 10.1. The molecule has 0 atom stereocenters. The third kappa shape index (κ3) is 5.64. The highest BCUT2D eigenvalue weighted by atomic mass is 32.2. The van der Waals surface area contributed by atoms with Crippen molar-refractivity contribution in [1.29, 1.82) is 0 Å². The maximum Gasteiger partial charge on any atom is 0.269 e. The van der Waals surface area contributed by atoms with E-state index in [4.69, 9.17) is 4.74 Å². The number of sulfonamides is 1. The van der Waals surface area contributed by atoms with Crippen molar-refractivity contribution in [3.63, 3.8) is 0 Å². The number of ether oxygens (including phenoxy) is 1. The van der Waals surface area contributed by atoms with Gasteiger partial charge in [-0.05, 0) is 74.0 Å². The second-order valence-corrected chi connectivity index (χ2v) is 8.49. The Balaban J connectivity index is 1.61. The lowest BCUT2D eigenvalue weighted by molar-refractivity contribution is 0.0846. The molecular weight excluding hydrogens is 430 g/mol. The summed E-state index contributed by atoms with van der Waals surface area (Å²) in [6.45, 7) is 4.12. The molecule has 0 radical (unpaired) electrons. The number of anilines is 1. The third-order valence-corrected chi connectivity index (χ3v) is 5.92. The van der Waals surface area contributed by atoms with E-state index in [1.54, 1.807) is 37.3 Å². The number of hydrogen-bond donors (Lipinski definition) is 3. The van der Waals surface area contributed by atoms with Crippen LogP contribution in [-0.4, -0.2) is 26.8 Å². The average molecular weight is 454 g/mol. The minimum absolute atomic E-state index is 0.0849. The summed E-state index contributed by atoms with van der Waals surface area (Å²) in [4.78, 5) is 24.6. The van der Waals surface area contributed by atoms with Crippen LogP contribution in [0.1, 0.15) is 33.2 Å². The van der Waals surface area contributed by atoms with Gasteiger partial charge in [0, 0.05) is 16.8 Å². The topological polar surface area (TPSA) is 114 Å². The highest BCUT2D eigenvalue weighted by Gasteiger charge is 2.15. The Morgan fingerprint density at radius 2 is 1.47 bits per heavy atom. The number of carbonyl (C=O) groups is 2. The Morgan fingerprint density at radius 1 is 0.844 bits per heavy atom. The number of amides is 2. The van der Waals surface area contributed by atoms with Crippen LogP contribution in [0.15, 0.2) is 77.7 Å². The number of nitrogens with one attached hydrogen (secondary N) is 3. The fraction of sp³-hybridized carbons (Fsp3) is 0.130. The van der Waals surface area contributed by atoms with Crippen molar-refractivity contribution in [2.24, 2.45) is 0 Å². The Morgan fingerprint density at radius 3 is 2.09 bits per heavy atom. The van der Waals surface area contributed by atoms with Gasteiger partial charge >= 0.3 is 0 Å². The van der Waals surface area contributed by atoms with Crippen LogP contribution in [0.5, 0.6) is 5.75 Å². The molecule has 166 valence electrons. The first-order valence-corrected chi connectivity index (χ1v) is 11.3. The molecule has 9 heteroatoms. The minimum Gasteiger partial charge on any atom is -0.494 e. The van der Waals surface area contributed by atoms with Crippen molar-refractivity contribution < 1.29 is 22.7 Å². The molecule has 0 aromatic heterocycles. The zero-order chi connectivity index (χ0) is 23.1. The SMILES string of the molecule is CCOc1ccc(S(=O)(=O)Nc2ccc(C(=O)NNC(=O)c3ccccc3C)cc2)cc1. The van der Waals surface area contributed by atoms with E-state index in [2.05, 4.69) is 15.6 Å². The van der Waals surface area contributed by atoms with Crippen molar-refractivity contribution in [2.75, 3.05) is 11.3 Å². The first kappa shape index (κ1) is 22.8. The van der Waals surface area contributed by atoms with Gasteiger partial charge in [-0.25, -0.2) is 8.42 Å². The van der Waals surface area contributed by atoms with E-state index in [0.717, 1.165) is 5.56 Å². The summed E-state index contributed by atoms with van der Waals surface area (Å²) in [7, 11) is -3.80. The van der Waals surface area contributed by atoms with Crippen LogP contribution in [0.2, 0.25) is 0 Å². The standard InChI is InChI=1S/C23H23N3O5S/c1-3-31-19-12-14-20(15-13-19)32(29,30)26-18-10-8-17(9-11-18)22(27)24-25-23(28)21-7-5-4-6-16(21)2/h4-15,26H,3H2,1-2H3,(H,24,27)(H,25,28). The molecule has 2 amide bonds. The number of rotatable bonds is 7. The molecule has 0 aliphatic heterocycles. The van der Waals surface area contributed by atoms with Crippen molar-refractivity contribution in [3.8, 4) is 5.75 Å². The molecule has 0 bridgehead atoms. The second kappa shape index (κ2) is 9.97. The predicted molar refractivity (Wildman–Crippen MR) is 121 cm³/mol. The molecular formula is C23H23N3O5S. The van der Waals surface area contributed by atoms with Gasteiger partial charge in [0.25, 0.3) is 21.8 Å². The lowest BCUT2D eigenvalue weighted by Crippen LogP contribution is -2.41. The number of aryl methyl sites for hydroxylation is 1. The van der Waals surface area contributed by atoms with E-state index < -0.39 is 21.8 Å². The van der Waals surface area contributed by atoms with E-state index in [1.165, 1.54) is 36.4 Å². The number of hydrazine groups is 1. The molecule has 0 aliphatic rings. The molecule has 3 aromatic carbocycles. The molecule has 3 rings (SSSR count). The van der Waals surface area contributed by atoms with Gasteiger partial charge in [0.2, 0.25) is 0 Å². The van der Waals surface area contributed by atoms with Crippen molar-refractivity contribution in [3.05, 3.63) is 89.5 Å². The molecule has 0 aliphatic carbocycles. The maximum atomic E-state index is 12.6. The van der Waals surface area contributed by atoms with Gasteiger partial charge in [-0.1, -0.05) is 18.2 Å². The molecule has 3 aromatic rings. The quantitative estimate of drug-likeness (QED) is 0.475. The Hall–Kier alpha value is -3.85. The maximum absolute atomic E-state index is 12.6. The summed E-state index contributed by atoms with van der Waals surface area (Å²) in [5, 5.41) is 0. The van der Waals surface area contributed by atoms with Crippen LogP contribution < -0.4 is 20.3 Å². The van der Waals surface area contributed by atoms with Gasteiger partial charge in [0.05, 0.1) is 11.5 Å². The zero-order valence-corrected chi connectivity index (χ0v) is 18.4. The van der Waals surface area contributed by atoms with Gasteiger partial charge < -0.3 is 4.74 Å². The predicted octanol–water partition coefficient (Wildman–Crippen LogP) is 3.27. The number of carbonyl (C=O) groups excluding carboxylic acids is 2. The van der Waals surface area contributed by atoms with Crippen LogP contribution in [0.25, 0.3) is 0 Å². The molecule has 0 spiro atoms. The number of hydrogen-bond acceptors (Lipinski definition) is 5. The Kier molecular flexibility index (Phi) is 7.11. The van der Waals surface area contributed by atoms with E-state index >= 15 is 0 Å². The largest absolute Gasteiger partial charge is 0.494 e. The van der Waals surface area contributed by atoms with Gasteiger partial charge in [-0.15, -0.1) is 0 Å². The summed E-state index contributed by atoms with van der Waals surface area (Å²) < 4.78 is 32.9. The van der Waals surface area contributed by atoms with Gasteiger partial charge in [-0.3, -0.25) is 25.2 Å². The zero-order valence-electron chi connectivity index (χ0n) is 17.6. The summed E-state index contributed by atoms with van der Waals surface area (Å²) in [6, 6.07) is 18.9. The Labute approximate surface area is 186 Å². The molecule has 0 fully saturated rings. The minimum atomic E-state index is -3.80. The monoisotopic (exact) mass is 453 g/mol. The van der Waals surface area contributed by atoms with E-state index in [0.29, 0.717) is 23.6 Å². The first-order chi connectivity index (χ1) is 15.3. The fourth-order valence-electron chi connectivity index (χ4n) is 2.87. The van der Waals surface area contributed by atoms with E-state index in [9.17, 15) is 18.0 Å². The highest BCUT2D eigenvalue weighted by molar-refractivity contribution is 7.92. The number of benzene rings is 3. The lowest BCUT2D eigenvalue weighted by Gasteiger charge is -2.11. The van der Waals surface area contributed by atoms with Crippen LogP contribution in [0.3, 0.4) is 0 Å². The van der Waals surface area contributed by atoms with Crippen LogP contribution in [0, 0.1) is 6.92 Å². The van der Waals surface area contributed by atoms with Crippen LogP contribution in [-0.2, 0) is 10.0 Å². The third-order valence-electron chi connectivity index (χ3n) is 4.52. The molecule has 8 nitrogen and oxygen atoms in total. The summed E-state index contributed by atoms with van der Waals surface area (Å²) >= 11 is 0. The first-order valence-electron chi connectivity index (χ1n) is 9.82. The summed E-state index contributed by atoms with van der Waals surface area (Å²) in [6.07, 6.45) is 0. The van der Waals surface area contributed by atoms with Crippen LogP contribution in [0.4, 0.5) is 5.69 Å². The molecule has 0 saturated heterocycles. The van der Waals surface area contributed by atoms with E-state index in [-0.39, 0.29) is 10.5 Å². The molecule has 0 heterocycles. The van der Waals surface area contributed by atoms with E-state index in [1.807, 2.05) is 13.0 Å². The Bertz CT molecular complexity index is 1210. The van der Waals surface area contributed by atoms with Crippen molar-refractivity contribution >= 4 is 27.5 Å². The summed E-state index contributed by atoms with van der Waals surface area (Å²) in [5.41, 5.74) is 6.48. The van der Waals surface area contributed by atoms with Gasteiger partial charge in [0.15, 0.2) is 0 Å². The molecule has 32 heavy (non-hydrogen) atoms. The van der Waals surface area contributed by atoms with Gasteiger partial charge in [0.1, 0.15) is 5.75 Å². The average Bonchev–Trinajstić information content (AvgIpc) is 2.78. The second-order valence-electron chi connectivity index (χ2n) is 6.81. The smallest absolute Gasteiger partial charge is 0.269 e. The van der Waals surface area contributed by atoms with Crippen LogP contribution >= 0.6 is 0 Å². The molecule has 0 unspecified atom stereocenters. The van der Waals surface area contributed by atoms with Crippen molar-refractivity contribution in [1.82, 2.24) is 10.9 Å². The molecule has 0 saturated carbocycles.